The molecule has 3 N–H and O–H groups in total. The SMILES string of the molecule is Cc1cc(C(N)=O)ccc1NC(=O)c1ccc(C(C)(C)C)cc1. The van der Waals surface area contributed by atoms with Gasteiger partial charge in [0.25, 0.3) is 5.91 Å². The van der Waals surface area contributed by atoms with E-state index in [1.54, 1.807) is 18.2 Å². The Balaban J connectivity index is 2.17. The molecule has 2 rings (SSSR count). The molecule has 0 unspecified atom stereocenters. The summed E-state index contributed by atoms with van der Waals surface area (Å²) < 4.78 is 0. The van der Waals surface area contributed by atoms with E-state index in [4.69, 9.17) is 5.73 Å². The third kappa shape index (κ3) is 3.97. The fourth-order valence-electron chi connectivity index (χ4n) is 2.27. The Morgan fingerprint density at radius 3 is 2.00 bits per heavy atom. The van der Waals surface area contributed by atoms with E-state index in [-0.39, 0.29) is 11.3 Å². The van der Waals surface area contributed by atoms with E-state index in [1.807, 2.05) is 31.2 Å². The highest BCUT2D eigenvalue weighted by Crippen LogP contribution is 2.23. The molecule has 0 aliphatic rings. The predicted octanol–water partition coefficient (Wildman–Crippen LogP) is 3.64. The normalized spacial score (nSPS) is 11.1. The number of rotatable bonds is 3. The lowest BCUT2D eigenvalue weighted by Crippen LogP contribution is -2.15. The summed E-state index contributed by atoms with van der Waals surface area (Å²) in [5.41, 5.74) is 8.96. The van der Waals surface area contributed by atoms with Crippen LogP contribution in [0.25, 0.3) is 0 Å². The Bertz CT molecular complexity index is 741. The molecule has 0 fully saturated rings. The van der Waals surface area contributed by atoms with Gasteiger partial charge in [0, 0.05) is 16.8 Å². The highest BCUT2D eigenvalue weighted by molar-refractivity contribution is 6.05. The molecule has 0 heterocycles. The molecule has 23 heavy (non-hydrogen) atoms. The van der Waals surface area contributed by atoms with E-state index in [1.165, 1.54) is 5.56 Å². The van der Waals surface area contributed by atoms with Crippen LogP contribution in [0.4, 0.5) is 5.69 Å². The molecule has 0 atom stereocenters. The first-order chi connectivity index (χ1) is 10.7. The summed E-state index contributed by atoms with van der Waals surface area (Å²) in [7, 11) is 0. The van der Waals surface area contributed by atoms with Crippen molar-refractivity contribution < 1.29 is 9.59 Å². The van der Waals surface area contributed by atoms with Crippen molar-refractivity contribution in [1.29, 1.82) is 0 Å². The summed E-state index contributed by atoms with van der Waals surface area (Å²) in [6.07, 6.45) is 0. The number of carbonyl (C=O) groups is 2. The highest BCUT2D eigenvalue weighted by atomic mass is 16.2. The molecular formula is C19H22N2O2. The van der Waals surface area contributed by atoms with Gasteiger partial charge >= 0.3 is 0 Å². The van der Waals surface area contributed by atoms with Crippen molar-refractivity contribution in [1.82, 2.24) is 0 Å². The lowest BCUT2D eigenvalue weighted by atomic mass is 9.86. The quantitative estimate of drug-likeness (QED) is 0.908. The number of benzene rings is 2. The monoisotopic (exact) mass is 310 g/mol. The van der Waals surface area contributed by atoms with Crippen LogP contribution in [0, 0.1) is 6.92 Å². The van der Waals surface area contributed by atoms with Crippen molar-refractivity contribution in [2.24, 2.45) is 5.73 Å². The van der Waals surface area contributed by atoms with Gasteiger partial charge in [-0.1, -0.05) is 32.9 Å². The Hall–Kier alpha value is -2.62. The van der Waals surface area contributed by atoms with Gasteiger partial charge in [-0.3, -0.25) is 9.59 Å². The number of hydrogen-bond acceptors (Lipinski definition) is 2. The predicted molar refractivity (Wildman–Crippen MR) is 92.8 cm³/mol. The van der Waals surface area contributed by atoms with Crippen molar-refractivity contribution in [2.45, 2.75) is 33.1 Å². The molecule has 0 aromatic heterocycles. The summed E-state index contributed by atoms with van der Waals surface area (Å²) in [4.78, 5) is 23.5. The molecule has 2 aromatic carbocycles. The minimum absolute atomic E-state index is 0.0518. The summed E-state index contributed by atoms with van der Waals surface area (Å²) >= 11 is 0. The molecule has 2 amide bonds. The average Bonchev–Trinajstić information content (AvgIpc) is 2.48. The fraction of sp³-hybridized carbons (Fsp3) is 0.263. The Morgan fingerprint density at radius 1 is 0.957 bits per heavy atom. The maximum Gasteiger partial charge on any atom is 0.255 e. The number of nitrogens with one attached hydrogen (secondary N) is 1. The van der Waals surface area contributed by atoms with Gasteiger partial charge in [0.05, 0.1) is 0 Å². The van der Waals surface area contributed by atoms with Crippen LogP contribution in [-0.4, -0.2) is 11.8 Å². The van der Waals surface area contributed by atoms with Crippen LogP contribution in [0.5, 0.6) is 0 Å². The van der Waals surface area contributed by atoms with Crippen LogP contribution >= 0.6 is 0 Å². The second-order valence-corrected chi connectivity index (χ2v) is 6.68. The van der Waals surface area contributed by atoms with Gasteiger partial charge in [-0.05, 0) is 53.8 Å². The van der Waals surface area contributed by atoms with Crippen molar-refractivity contribution in [3.05, 3.63) is 64.7 Å². The molecule has 0 radical (unpaired) electrons. The lowest BCUT2D eigenvalue weighted by molar-refractivity contribution is 0.0998. The molecule has 0 spiro atoms. The van der Waals surface area contributed by atoms with Crippen LogP contribution in [0.2, 0.25) is 0 Å². The van der Waals surface area contributed by atoms with Gasteiger partial charge in [-0.25, -0.2) is 0 Å². The van der Waals surface area contributed by atoms with Gasteiger partial charge in [0.15, 0.2) is 0 Å². The van der Waals surface area contributed by atoms with Gasteiger partial charge in [0.1, 0.15) is 0 Å². The molecule has 4 nitrogen and oxygen atoms in total. The van der Waals surface area contributed by atoms with E-state index in [9.17, 15) is 9.59 Å². The molecule has 120 valence electrons. The van der Waals surface area contributed by atoms with E-state index in [2.05, 4.69) is 26.1 Å². The minimum atomic E-state index is -0.483. The summed E-state index contributed by atoms with van der Waals surface area (Å²) in [5, 5.41) is 2.86. The van der Waals surface area contributed by atoms with Crippen LogP contribution in [0.15, 0.2) is 42.5 Å². The minimum Gasteiger partial charge on any atom is -0.366 e. The van der Waals surface area contributed by atoms with E-state index < -0.39 is 5.91 Å². The average molecular weight is 310 g/mol. The smallest absolute Gasteiger partial charge is 0.255 e. The summed E-state index contributed by atoms with van der Waals surface area (Å²) in [5.74, 6) is -0.663. The highest BCUT2D eigenvalue weighted by Gasteiger charge is 2.15. The third-order valence-corrected chi connectivity index (χ3v) is 3.77. The first-order valence-corrected chi connectivity index (χ1v) is 7.51. The second kappa shape index (κ2) is 6.24. The molecule has 0 bridgehead atoms. The van der Waals surface area contributed by atoms with E-state index >= 15 is 0 Å². The summed E-state index contributed by atoms with van der Waals surface area (Å²) in [6.45, 7) is 8.22. The molecule has 0 aliphatic heterocycles. The first-order valence-electron chi connectivity index (χ1n) is 7.51. The van der Waals surface area contributed by atoms with Crippen LogP contribution < -0.4 is 11.1 Å². The molecule has 4 heteroatoms. The maximum atomic E-state index is 12.3. The zero-order chi connectivity index (χ0) is 17.2. The number of nitrogens with two attached hydrogens (primary N) is 1. The van der Waals surface area contributed by atoms with Gasteiger partial charge in [-0.15, -0.1) is 0 Å². The molecule has 0 saturated carbocycles. The van der Waals surface area contributed by atoms with Crippen molar-refractivity contribution >= 4 is 17.5 Å². The zero-order valence-corrected chi connectivity index (χ0v) is 13.9. The number of amides is 2. The number of carbonyl (C=O) groups excluding carboxylic acids is 2. The van der Waals surface area contributed by atoms with Crippen molar-refractivity contribution in [2.75, 3.05) is 5.32 Å². The Labute approximate surface area is 136 Å². The lowest BCUT2D eigenvalue weighted by Gasteiger charge is -2.19. The first kappa shape index (κ1) is 16.7. The number of anilines is 1. The second-order valence-electron chi connectivity index (χ2n) is 6.68. The number of primary amides is 1. The van der Waals surface area contributed by atoms with E-state index in [0.717, 1.165) is 5.56 Å². The molecule has 0 saturated heterocycles. The summed E-state index contributed by atoms with van der Waals surface area (Å²) in [6, 6.07) is 12.5. The molecule has 0 aliphatic carbocycles. The van der Waals surface area contributed by atoms with Crippen LogP contribution in [0.3, 0.4) is 0 Å². The third-order valence-electron chi connectivity index (χ3n) is 3.77. The molecular weight excluding hydrogens is 288 g/mol. The zero-order valence-electron chi connectivity index (χ0n) is 13.9. The fourth-order valence-corrected chi connectivity index (χ4v) is 2.27. The van der Waals surface area contributed by atoms with Crippen LogP contribution in [0.1, 0.15) is 52.6 Å². The largest absolute Gasteiger partial charge is 0.366 e. The Morgan fingerprint density at radius 2 is 1.52 bits per heavy atom. The van der Waals surface area contributed by atoms with Gasteiger partial charge in [0.2, 0.25) is 5.91 Å². The Kier molecular flexibility index (Phi) is 4.55. The maximum absolute atomic E-state index is 12.3. The molecule has 2 aromatic rings. The van der Waals surface area contributed by atoms with Crippen LogP contribution in [-0.2, 0) is 5.41 Å². The van der Waals surface area contributed by atoms with Crippen molar-refractivity contribution in [3.63, 3.8) is 0 Å². The standard InChI is InChI=1S/C19H22N2O2/c1-12-11-14(17(20)22)7-10-16(12)21-18(23)13-5-8-15(9-6-13)19(2,3)4/h5-11H,1-4H3,(H2,20,22)(H,21,23). The number of hydrogen-bond donors (Lipinski definition) is 2. The van der Waals surface area contributed by atoms with E-state index in [0.29, 0.717) is 16.8 Å². The topological polar surface area (TPSA) is 72.2 Å². The van der Waals surface area contributed by atoms with Gasteiger partial charge in [-0.2, -0.15) is 0 Å². The number of aryl methyl sites for hydroxylation is 1. The van der Waals surface area contributed by atoms with Crippen molar-refractivity contribution in [3.8, 4) is 0 Å². The van der Waals surface area contributed by atoms with Gasteiger partial charge < -0.3 is 11.1 Å².